The Kier molecular flexibility index (Phi) is 4.36. The molecular weight excluding hydrogens is 196 g/mol. The summed E-state index contributed by atoms with van der Waals surface area (Å²) in [5, 5.41) is 1.22. The molecule has 0 atom stereocenters. The van der Waals surface area contributed by atoms with Crippen molar-refractivity contribution in [2.75, 3.05) is 0 Å². The molecule has 1 aromatic carbocycles. The van der Waals surface area contributed by atoms with E-state index >= 15 is 0 Å². The molecule has 2 rings (SSSR count). The topological polar surface area (TPSA) is 13.1 Å². The summed E-state index contributed by atoms with van der Waals surface area (Å²) in [6, 6.07) is 8.14. The van der Waals surface area contributed by atoms with E-state index in [0.717, 1.165) is 23.3 Å². The van der Waals surface area contributed by atoms with Gasteiger partial charge in [-0.3, -0.25) is 0 Å². The van der Waals surface area contributed by atoms with E-state index in [1.165, 1.54) is 10.9 Å². The molecule has 0 fully saturated rings. The Balaban J connectivity index is 0.000000606. The Morgan fingerprint density at radius 3 is 2.44 bits per heavy atom. The van der Waals surface area contributed by atoms with E-state index in [2.05, 4.69) is 19.6 Å². The van der Waals surface area contributed by atoms with Gasteiger partial charge in [0, 0.05) is 10.9 Å². The van der Waals surface area contributed by atoms with E-state index in [1.54, 1.807) is 0 Å². The highest BCUT2D eigenvalue weighted by Crippen LogP contribution is 2.29. The Bertz CT molecular complexity index is 477. The van der Waals surface area contributed by atoms with Crippen molar-refractivity contribution in [3.05, 3.63) is 42.2 Å². The molecule has 0 spiro atoms. The summed E-state index contributed by atoms with van der Waals surface area (Å²) in [4.78, 5) is 0. The lowest BCUT2D eigenvalue weighted by molar-refractivity contribution is 0.594. The summed E-state index contributed by atoms with van der Waals surface area (Å²) < 4.78 is 5.75. The van der Waals surface area contributed by atoms with E-state index in [9.17, 15) is 0 Å². The van der Waals surface area contributed by atoms with Gasteiger partial charge in [-0.25, -0.2) is 0 Å². The minimum Gasteiger partial charge on any atom is -0.456 e. The molecule has 0 unspecified atom stereocenters. The monoisotopic (exact) mass is 216 g/mol. The minimum absolute atomic E-state index is 0.952. The van der Waals surface area contributed by atoms with Gasteiger partial charge in [-0.15, -0.1) is 0 Å². The van der Waals surface area contributed by atoms with Crippen molar-refractivity contribution in [3.63, 3.8) is 0 Å². The van der Waals surface area contributed by atoms with Gasteiger partial charge in [0.25, 0.3) is 0 Å². The molecule has 86 valence electrons. The lowest BCUT2D eigenvalue weighted by atomic mass is 10.1. The lowest BCUT2D eigenvalue weighted by Crippen LogP contribution is -1.82. The molecular formula is C15H20O. The van der Waals surface area contributed by atoms with Crippen LogP contribution in [0.15, 0.2) is 35.3 Å². The zero-order chi connectivity index (χ0) is 12.1. The third-order valence-corrected chi connectivity index (χ3v) is 2.44. The van der Waals surface area contributed by atoms with Gasteiger partial charge in [-0.1, -0.05) is 45.5 Å². The van der Waals surface area contributed by atoms with Crippen molar-refractivity contribution in [2.24, 2.45) is 0 Å². The molecule has 0 radical (unpaired) electrons. The maximum Gasteiger partial charge on any atom is 0.135 e. The zero-order valence-electron chi connectivity index (χ0n) is 10.6. The van der Waals surface area contributed by atoms with Gasteiger partial charge in [-0.05, 0) is 25.0 Å². The molecule has 1 aromatic heterocycles. The van der Waals surface area contributed by atoms with Gasteiger partial charge in [0.1, 0.15) is 11.3 Å². The molecule has 0 saturated heterocycles. The number of hydrogen-bond donors (Lipinski definition) is 0. The summed E-state index contributed by atoms with van der Waals surface area (Å²) >= 11 is 0. The highest BCUT2D eigenvalue weighted by atomic mass is 16.3. The number of rotatable bonds is 2. The molecule has 1 heterocycles. The third kappa shape index (κ3) is 2.19. The molecule has 0 aliphatic rings. The number of aryl methyl sites for hydroxylation is 1. The summed E-state index contributed by atoms with van der Waals surface area (Å²) in [6.45, 7) is 12.1. The maximum atomic E-state index is 5.75. The van der Waals surface area contributed by atoms with Crippen molar-refractivity contribution in [1.82, 2.24) is 0 Å². The quantitative estimate of drug-likeness (QED) is 0.684. The average Bonchev–Trinajstić information content (AvgIpc) is 2.70. The van der Waals surface area contributed by atoms with Crippen molar-refractivity contribution < 1.29 is 4.42 Å². The van der Waals surface area contributed by atoms with Crippen LogP contribution in [0.2, 0.25) is 0 Å². The second-order valence-corrected chi connectivity index (χ2v) is 3.54. The highest BCUT2D eigenvalue weighted by molar-refractivity contribution is 5.86. The summed E-state index contributed by atoms with van der Waals surface area (Å²) in [5.41, 5.74) is 3.23. The van der Waals surface area contributed by atoms with Gasteiger partial charge in [0.15, 0.2) is 0 Å². The van der Waals surface area contributed by atoms with Crippen LogP contribution in [0.4, 0.5) is 0 Å². The van der Waals surface area contributed by atoms with E-state index in [0.29, 0.717) is 0 Å². The van der Waals surface area contributed by atoms with Crippen LogP contribution in [0, 0.1) is 0 Å². The molecule has 0 bridgehead atoms. The Morgan fingerprint density at radius 1 is 1.25 bits per heavy atom. The maximum absolute atomic E-state index is 5.75. The van der Waals surface area contributed by atoms with E-state index in [4.69, 9.17) is 4.42 Å². The van der Waals surface area contributed by atoms with Gasteiger partial charge in [0.2, 0.25) is 0 Å². The predicted molar refractivity (Wildman–Crippen MR) is 71.6 cm³/mol. The second kappa shape index (κ2) is 5.55. The highest BCUT2D eigenvalue weighted by Gasteiger charge is 2.11. The third-order valence-electron chi connectivity index (χ3n) is 2.44. The number of furan rings is 1. The molecule has 1 nitrogen and oxygen atoms in total. The van der Waals surface area contributed by atoms with Crippen LogP contribution in [-0.4, -0.2) is 0 Å². The van der Waals surface area contributed by atoms with E-state index in [-0.39, 0.29) is 0 Å². The smallest absolute Gasteiger partial charge is 0.135 e. The van der Waals surface area contributed by atoms with Gasteiger partial charge >= 0.3 is 0 Å². The average molecular weight is 216 g/mol. The first-order valence-corrected chi connectivity index (χ1v) is 5.90. The molecule has 0 amide bonds. The predicted octanol–water partition coefficient (Wildman–Crippen LogP) is 5.05. The molecule has 2 aromatic rings. The lowest BCUT2D eigenvalue weighted by Gasteiger charge is -1.97. The van der Waals surface area contributed by atoms with Gasteiger partial charge in [0.05, 0.1) is 0 Å². The van der Waals surface area contributed by atoms with Crippen LogP contribution in [0.25, 0.3) is 16.5 Å². The fraction of sp³-hybridized carbons (Fsp3) is 0.333. The molecule has 0 aliphatic heterocycles. The Morgan fingerprint density at radius 2 is 1.88 bits per heavy atom. The standard InChI is InChI=1S/C13H14O.C2H6/c1-4-10-11-7-5-6-8-12(11)14-13(10)9(2)3;1-2/h5-8H,2,4H2,1,3H3;1-2H3. The van der Waals surface area contributed by atoms with Gasteiger partial charge in [-0.2, -0.15) is 0 Å². The van der Waals surface area contributed by atoms with Crippen LogP contribution < -0.4 is 0 Å². The van der Waals surface area contributed by atoms with Crippen molar-refractivity contribution in [2.45, 2.75) is 34.1 Å². The minimum atomic E-state index is 0.952. The number of fused-ring (bicyclic) bond motifs is 1. The van der Waals surface area contributed by atoms with Crippen LogP contribution >= 0.6 is 0 Å². The molecule has 0 N–H and O–H groups in total. The largest absolute Gasteiger partial charge is 0.456 e. The number of hydrogen-bond acceptors (Lipinski definition) is 1. The SMILES string of the molecule is C=C(C)c1oc2ccccc2c1CC.CC. The summed E-state index contributed by atoms with van der Waals surface area (Å²) in [7, 11) is 0. The second-order valence-electron chi connectivity index (χ2n) is 3.54. The van der Waals surface area contributed by atoms with Crippen molar-refractivity contribution in [3.8, 4) is 0 Å². The first kappa shape index (κ1) is 12.6. The zero-order valence-corrected chi connectivity index (χ0v) is 10.6. The first-order valence-electron chi connectivity index (χ1n) is 5.90. The molecule has 0 aliphatic carbocycles. The van der Waals surface area contributed by atoms with Gasteiger partial charge < -0.3 is 4.42 Å². The number of para-hydroxylation sites is 1. The molecule has 16 heavy (non-hydrogen) atoms. The fourth-order valence-electron chi connectivity index (χ4n) is 1.79. The van der Waals surface area contributed by atoms with Crippen molar-refractivity contribution >= 4 is 16.5 Å². The summed E-state index contributed by atoms with van der Waals surface area (Å²) in [6.07, 6.45) is 0.985. The Hall–Kier alpha value is -1.50. The fourth-order valence-corrected chi connectivity index (χ4v) is 1.79. The molecule has 0 saturated carbocycles. The van der Waals surface area contributed by atoms with Crippen molar-refractivity contribution in [1.29, 1.82) is 0 Å². The summed E-state index contributed by atoms with van der Waals surface area (Å²) in [5.74, 6) is 0.952. The van der Waals surface area contributed by atoms with E-state index < -0.39 is 0 Å². The normalized spacial score (nSPS) is 9.75. The number of allylic oxidation sites excluding steroid dienone is 1. The Labute approximate surface area is 97.8 Å². The first-order chi connectivity index (χ1) is 7.74. The van der Waals surface area contributed by atoms with E-state index in [1.807, 2.05) is 39.0 Å². The van der Waals surface area contributed by atoms with Crippen LogP contribution in [0.5, 0.6) is 0 Å². The molecule has 1 heteroatoms. The van der Waals surface area contributed by atoms with Crippen LogP contribution in [-0.2, 0) is 6.42 Å². The van der Waals surface area contributed by atoms with Crippen LogP contribution in [0.3, 0.4) is 0 Å². The van der Waals surface area contributed by atoms with Crippen LogP contribution in [0.1, 0.15) is 39.0 Å². The number of benzene rings is 1.